The lowest BCUT2D eigenvalue weighted by molar-refractivity contribution is -0.407. The maximum absolute atomic E-state index is 12.1. The van der Waals surface area contributed by atoms with Crippen LogP contribution >= 0.6 is 23.5 Å². The zero-order chi connectivity index (χ0) is 64.9. The van der Waals surface area contributed by atoms with E-state index in [1.807, 2.05) is 0 Å². The first-order chi connectivity index (χ1) is 41.6. The number of ketones is 2. The number of rotatable bonds is 26. The van der Waals surface area contributed by atoms with Gasteiger partial charge in [0.1, 0.15) is 164 Å². The Morgan fingerprint density at radius 2 is 0.648 bits per heavy atom. The maximum atomic E-state index is 12.1. The average Bonchev–Trinajstić information content (AvgIpc) is 1.04. The first-order valence-electron chi connectivity index (χ1n) is 28.5. The van der Waals surface area contributed by atoms with Crippen LogP contribution in [0.2, 0.25) is 0 Å². The number of carbonyl (C=O) groups excluding carboxylic acids is 2. The molecule has 37 heteroatoms. The molecule has 0 radical (unpaired) electrons. The van der Waals surface area contributed by atoms with Crippen molar-refractivity contribution >= 4 is 35.1 Å². The van der Waals surface area contributed by atoms with Crippen LogP contribution in [-0.4, -0.2) is 379 Å². The summed E-state index contributed by atoms with van der Waals surface area (Å²) in [5.41, 5.74) is 0. The molecule has 14 unspecified atom stereocenters. The lowest BCUT2D eigenvalue weighted by Gasteiger charge is -2.50. The Morgan fingerprint density at radius 1 is 0.364 bits per heavy atom. The Labute approximate surface area is 511 Å². The van der Waals surface area contributed by atoms with Crippen molar-refractivity contribution in [2.75, 3.05) is 56.0 Å². The van der Waals surface area contributed by atoms with E-state index in [-0.39, 0.29) is 41.3 Å². The monoisotopic (exact) mass is 1320 g/mol. The highest BCUT2D eigenvalue weighted by atomic mass is 32.2. The topological polar surface area (TPSA) is 559 Å². The molecule has 0 aromatic heterocycles. The summed E-state index contributed by atoms with van der Waals surface area (Å²) in [6.07, 6.45) is -63.7. The van der Waals surface area contributed by atoms with E-state index in [0.29, 0.717) is 5.75 Å². The largest absolute Gasteiger partial charge is 0.394 e. The van der Waals surface area contributed by atoms with Crippen molar-refractivity contribution in [3.05, 3.63) is 0 Å². The lowest BCUT2D eigenvalue weighted by atomic mass is 9.95. The van der Waals surface area contributed by atoms with Crippen LogP contribution in [0.4, 0.5) is 0 Å². The summed E-state index contributed by atoms with van der Waals surface area (Å²) in [6, 6.07) is 0. The van der Waals surface area contributed by atoms with Gasteiger partial charge < -0.3 is 164 Å². The van der Waals surface area contributed by atoms with Crippen molar-refractivity contribution in [2.45, 2.75) is 237 Å². The van der Waals surface area contributed by atoms with Gasteiger partial charge in [-0.15, -0.1) is 0 Å². The normalized spacial score (nSPS) is 48.6. The number of aliphatic hydroxyl groups is 20. The molecule has 35 nitrogen and oxygen atoms in total. The lowest BCUT2D eigenvalue weighted by Crippen LogP contribution is -2.68. The molecule has 7 aliphatic rings. The van der Waals surface area contributed by atoms with Crippen LogP contribution in [0.1, 0.15) is 27.7 Å². The van der Waals surface area contributed by atoms with Crippen molar-refractivity contribution < 1.29 is 173 Å². The predicted octanol–water partition coefficient (Wildman–Crippen LogP) is -11.7. The molecule has 20 N–H and O–H groups in total. The van der Waals surface area contributed by atoms with Crippen molar-refractivity contribution in [3.8, 4) is 0 Å². The number of hydrogen-bond donors (Lipinski definition) is 20. The van der Waals surface area contributed by atoms with E-state index in [1.165, 1.54) is 25.6 Å². The van der Waals surface area contributed by atoms with E-state index >= 15 is 0 Å². The number of aliphatic hydroxyl groups excluding tert-OH is 20. The summed E-state index contributed by atoms with van der Waals surface area (Å²) in [6.45, 7) is 2.02. The first kappa shape index (κ1) is 74.1. The molecular formula is C51H86O35S2. The van der Waals surface area contributed by atoms with Crippen molar-refractivity contribution in [3.63, 3.8) is 0 Å². The molecule has 512 valence electrons. The van der Waals surface area contributed by atoms with Gasteiger partial charge in [0.05, 0.1) is 45.2 Å². The summed E-state index contributed by atoms with van der Waals surface area (Å²) in [4.78, 5) is 23.9. The number of hydrogen-bond acceptors (Lipinski definition) is 37. The Hall–Kier alpha value is -1.28. The highest BCUT2D eigenvalue weighted by Gasteiger charge is 2.58. The molecule has 7 aliphatic heterocycles. The fourth-order valence-electron chi connectivity index (χ4n) is 10.6. The Bertz CT molecular complexity index is 2150. The second-order valence-electron chi connectivity index (χ2n) is 22.8. The molecule has 0 aliphatic carbocycles. The molecule has 0 aromatic carbocycles. The van der Waals surface area contributed by atoms with Gasteiger partial charge in [-0.1, -0.05) is 13.8 Å². The van der Waals surface area contributed by atoms with Gasteiger partial charge in [0.25, 0.3) is 0 Å². The third kappa shape index (κ3) is 16.9. The van der Waals surface area contributed by atoms with Crippen LogP contribution < -0.4 is 0 Å². The van der Waals surface area contributed by atoms with Crippen LogP contribution in [0, 0.1) is 11.8 Å². The minimum atomic E-state index is -2.31. The predicted molar refractivity (Wildman–Crippen MR) is 286 cm³/mol. The van der Waals surface area contributed by atoms with Gasteiger partial charge in [0.15, 0.2) is 44.0 Å². The van der Waals surface area contributed by atoms with Gasteiger partial charge in [-0.25, -0.2) is 0 Å². The molecule has 88 heavy (non-hydrogen) atoms. The van der Waals surface area contributed by atoms with Crippen LogP contribution in [0.5, 0.6) is 0 Å². The van der Waals surface area contributed by atoms with E-state index in [9.17, 15) is 112 Å². The first-order valence-corrected chi connectivity index (χ1v) is 30.9. The van der Waals surface area contributed by atoms with Crippen LogP contribution in [0.15, 0.2) is 0 Å². The zero-order valence-electron chi connectivity index (χ0n) is 48.0. The van der Waals surface area contributed by atoms with Crippen molar-refractivity contribution in [2.24, 2.45) is 11.8 Å². The molecular weight excluding hydrogens is 1240 g/mol. The van der Waals surface area contributed by atoms with E-state index in [0.717, 1.165) is 11.8 Å². The van der Waals surface area contributed by atoms with E-state index in [2.05, 4.69) is 0 Å². The average molecular weight is 1320 g/mol. The molecule has 0 amide bonds. The summed E-state index contributed by atoms with van der Waals surface area (Å²) in [5, 5.41) is 218. The standard InChI is InChI=1S/C51H86O35S2/c1-14(16(3)56)10-87-12-23-26(60)27(61)33(67)46(78-23)81-40-22(8-55)77-49(36(70)30(40)64)85-44-32(66)38(72)51(86-45(44)73)84-43-24(13-88-11-15(2)17(4)57)79-50(37(71)31(43)65)83-42-21(7-54)76-48(35(69)29(42)63)82-41-20(6-53)75-47(34(68)28(41)62)80-39-19(5-52)74-9-18(58)25(39)59/h14-15,18-55,58-73H,5-13H2,1-4H3/t14-,15-,18?,19?,20?,21?,22?,23?,24?,25+,26+,27-,28?,29?,30?,31?,32?,33?,34-,35-,36-,37-,38-,39+,40+,41+,42+,43+,44-,45?,46+,47+,48+,49-,50-,51+/m0/s1. The molecule has 0 saturated carbocycles. The molecule has 7 heterocycles. The second-order valence-corrected chi connectivity index (χ2v) is 25.0. The zero-order valence-corrected chi connectivity index (χ0v) is 49.7. The summed E-state index contributed by atoms with van der Waals surface area (Å²) in [7, 11) is 0. The molecule has 0 aromatic rings. The fraction of sp³-hybridized carbons (Fsp3) is 0.961. The molecule has 0 bridgehead atoms. The van der Waals surface area contributed by atoms with Gasteiger partial charge in [-0.05, 0) is 13.8 Å². The van der Waals surface area contributed by atoms with Gasteiger partial charge in [-0.2, -0.15) is 23.5 Å². The fourth-order valence-corrected chi connectivity index (χ4v) is 13.1. The van der Waals surface area contributed by atoms with E-state index in [1.54, 1.807) is 13.8 Å². The van der Waals surface area contributed by atoms with Crippen LogP contribution in [0.3, 0.4) is 0 Å². The number of thioether (sulfide) groups is 2. The van der Waals surface area contributed by atoms with E-state index in [4.69, 9.17) is 61.6 Å². The minimum Gasteiger partial charge on any atom is -0.394 e. The van der Waals surface area contributed by atoms with Gasteiger partial charge >= 0.3 is 0 Å². The maximum Gasteiger partial charge on any atom is 0.189 e. The number of ether oxygens (including phenoxy) is 13. The van der Waals surface area contributed by atoms with Crippen LogP contribution in [-0.2, 0) is 71.2 Å². The molecule has 7 saturated heterocycles. The SMILES string of the molecule is CC(=O)[C@@H](C)CSCC1O[C@@H](O[C@@H]2C(CO)O[C@H](O[C@@H]3C(CO)O[C@H](O[C@@H]4C(CO)OCC(O)[C@H]4O)[C@@H](O)C3O)[C@@H](O)C2O)[C@@H](O)C(O)[C@@H]1O[C@@H]1OC(O)[C@@H](O[C@@H]2OC(CO)[C@@H](O[C@H]3OC(CSC[C@H](C)C(C)=O)[C@@H](O)[C@H](O)C3O)C(O)[C@@H]2O)C(O)[C@@H]1O. The van der Waals surface area contributed by atoms with Crippen molar-refractivity contribution in [1.82, 2.24) is 0 Å². The molecule has 7 fully saturated rings. The number of Topliss-reactive ketones (excluding diaryl/α,β-unsaturated/α-hetero) is 2. The Balaban J connectivity index is 0.981. The highest BCUT2D eigenvalue weighted by Crippen LogP contribution is 2.38. The van der Waals surface area contributed by atoms with Gasteiger partial charge in [-0.3, -0.25) is 9.59 Å². The number of carbonyl (C=O) groups is 2. The second kappa shape index (κ2) is 32.9. The minimum absolute atomic E-state index is 0.0143. The smallest absolute Gasteiger partial charge is 0.189 e. The third-order valence-electron chi connectivity index (χ3n) is 16.5. The summed E-state index contributed by atoms with van der Waals surface area (Å²) in [5.74, 6) is -0.889. The van der Waals surface area contributed by atoms with E-state index < -0.39 is 241 Å². The Morgan fingerprint density at radius 3 is 1.01 bits per heavy atom. The summed E-state index contributed by atoms with van der Waals surface area (Å²) < 4.78 is 74.1. The van der Waals surface area contributed by atoms with Gasteiger partial charge in [0, 0.05) is 34.8 Å². The molecule has 7 rings (SSSR count). The van der Waals surface area contributed by atoms with Gasteiger partial charge in [0.2, 0.25) is 0 Å². The Kier molecular flexibility index (Phi) is 27.7. The van der Waals surface area contributed by atoms with Crippen molar-refractivity contribution in [1.29, 1.82) is 0 Å². The molecule has 0 spiro atoms. The summed E-state index contributed by atoms with van der Waals surface area (Å²) >= 11 is 2.27. The third-order valence-corrected chi connectivity index (χ3v) is 19.1. The quantitative estimate of drug-likeness (QED) is 0.0382. The van der Waals surface area contributed by atoms with Crippen LogP contribution in [0.25, 0.3) is 0 Å². The molecule has 36 atom stereocenters. The highest BCUT2D eigenvalue weighted by molar-refractivity contribution is 7.99.